The van der Waals surface area contributed by atoms with Crippen LogP contribution in [0.5, 0.6) is 11.5 Å². The van der Waals surface area contributed by atoms with Crippen LogP contribution in [0.3, 0.4) is 0 Å². The van der Waals surface area contributed by atoms with Gasteiger partial charge in [0, 0.05) is 6.07 Å². The van der Waals surface area contributed by atoms with Crippen molar-refractivity contribution >= 4 is 39.8 Å². The van der Waals surface area contributed by atoms with Crippen LogP contribution in [0.4, 0.5) is 28.8 Å². The van der Waals surface area contributed by atoms with Crippen molar-refractivity contribution in [1.29, 1.82) is 0 Å². The van der Waals surface area contributed by atoms with E-state index in [2.05, 4.69) is 20.8 Å². The zero-order valence-electron chi connectivity index (χ0n) is 12.2. The molecule has 0 bridgehead atoms. The van der Waals surface area contributed by atoms with Crippen molar-refractivity contribution in [2.75, 3.05) is 24.9 Å². The van der Waals surface area contributed by atoms with E-state index in [1.807, 2.05) is 0 Å². The van der Waals surface area contributed by atoms with E-state index in [9.17, 15) is 18.0 Å². The molecule has 0 spiro atoms. The highest BCUT2D eigenvalue weighted by atomic mass is 35.5. The lowest BCUT2D eigenvalue weighted by atomic mass is 10.2. The maximum absolute atomic E-state index is 12.4. The number of halogens is 4. The predicted molar refractivity (Wildman–Crippen MR) is 82.1 cm³/mol. The first-order valence-corrected chi connectivity index (χ1v) is 7.34. The largest absolute Gasteiger partial charge is 0.495 e. The van der Waals surface area contributed by atoms with Crippen LogP contribution in [0.15, 0.2) is 12.1 Å². The van der Waals surface area contributed by atoms with Gasteiger partial charge in [0.2, 0.25) is 10.1 Å². The number of aromatic nitrogens is 2. The number of benzene rings is 1. The molecule has 1 aromatic heterocycles. The second-order valence-electron chi connectivity index (χ2n) is 4.18. The van der Waals surface area contributed by atoms with E-state index in [0.717, 1.165) is 0 Å². The van der Waals surface area contributed by atoms with Gasteiger partial charge in [-0.05, 0) is 6.07 Å². The number of hydrogen-bond acceptors (Lipinski definition) is 6. The maximum Gasteiger partial charge on any atom is 0.445 e. The van der Waals surface area contributed by atoms with E-state index in [1.165, 1.54) is 26.4 Å². The third-order valence-electron chi connectivity index (χ3n) is 2.61. The van der Waals surface area contributed by atoms with Gasteiger partial charge in [-0.15, -0.1) is 10.2 Å². The summed E-state index contributed by atoms with van der Waals surface area (Å²) >= 11 is 6.16. The second kappa shape index (κ2) is 7.09. The summed E-state index contributed by atoms with van der Waals surface area (Å²) in [6, 6.07) is 1.99. The Hall–Kier alpha value is -2.27. The number of amides is 2. The fourth-order valence-electron chi connectivity index (χ4n) is 1.60. The van der Waals surface area contributed by atoms with E-state index in [1.54, 1.807) is 0 Å². The molecule has 2 N–H and O–H groups in total. The molecule has 0 aliphatic carbocycles. The number of rotatable bonds is 4. The molecule has 0 fully saturated rings. The topological polar surface area (TPSA) is 85.4 Å². The maximum atomic E-state index is 12.4. The Morgan fingerprint density at radius 1 is 1.17 bits per heavy atom. The first-order valence-electron chi connectivity index (χ1n) is 6.14. The fraction of sp³-hybridized carbons (Fsp3) is 0.250. The Kier molecular flexibility index (Phi) is 5.34. The van der Waals surface area contributed by atoms with Gasteiger partial charge in [-0.3, -0.25) is 5.32 Å². The van der Waals surface area contributed by atoms with E-state index in [4.69, 9.17) is 21.1 Å². The van der Waals surface area contributed by atoms with Crippen molar-refractivity contribution in [3.05, 3.63) is 22.2 Å². The molecule has 24 heavy (non-hydrogen) atoms. The molecule has 0 saturated carbocycles. The predicted octanol–water partition coefficient (Wildman–Crippen LogP) is 3.87. The SMILES string of the molecule is COc1cc(OC)c(NC(=O)Nc2nnc(C(F)(F)F)s2)cc1Cl. The van der Waals surface area contributed by atoms with Gasteiger partial charge in [0.05, 0.1) is 24.9 Å². The van der Waals surface area contributed by atoms with Gasteiger partial charge >= 0.3 is 12.2 Å². The second-order valence-corrected chi connectivity index (χ2v) is 5.56. The van der Waals surface area contributed by atoms with Crippen LogP contribution in [0, 0.1) is 0 Å². The van der Waals surface area contributed by atoms with Crippen LogP contribution in [-0.4, -0.2) is 30.4 Å². The van der Waals surface area contributed by atoms with E-state index >= 15 is 0 Å². The van der Waals surface area contributed by atoms with Crippen LogP contribution in [0.2, 0.25) is 5.02 Å². The molecule has 1 heterocycles. The standard InChI is InChI=1S/C12H10ClF3N4O3S/c1-22-7-4-8(23-2)6(3-5(7)13)17-10(21)18-11-20-19-9(24-11)12(14,15)16/h3-4H,1-2H3,(H2,17,18,20,21). The summed E-state index contributed by atoms with van der Waals surface area (Å²) in [4.78, 5) is 11.9. The number of urea groups is 1. The lowest BCUT2D eigenvalue weighted by Crippen LogP contribution is -2.19. The van der Waals surface area contributed by atoms with Crippen LogP contribution in [-0.2, 0) is 6.18 Å². The molecule has 0 radical (unpaired) electrons. The molecule has 0 unspecified atom stereocenters. The summed E-state index contributed by atoms with van der Waals surface area (Å²) in [5.41, 5.74) is 0.196. The van der Waals surface area contributed by atoms with Crippen molar-refractivity contribution in [2.45, 2.75) is 6.18 Å². The summed E-state index contributed by atoms with van der Waals surface area (Å²) in [7, 11) is 2.78. The number of hydrogen-bond donors (Lipinski definition) is 2. The normalized spacial score (nSPS) is 11.1. The average molecular weight is 383 g/mol. The van der Waals surface area contributed by atoms with Crippen LogP contribution in [0.25, 0.3) is 0 Å². The number of alkyl halides is 3. The first-order chi connectivity index (χ1) is 11.2. The van der Waals surface area contributed by atoms with E-state index in [-0.39, 0.29) is 32.9 Å². The van der Waals surface area contributed by atoms with Crippen LogP contribution < -0.4 is 20.1 Å². The fourth-order valence-corrected chi connectivity index (χ4v) is 2.44. The monoisotopic (exact) mass is 382 g/mol. The van der Waals surface area contributed by atoms with Crippen molar-refractivity contribution in [2.24, 2.45) is 0 Å². The quantitative estimate of drug-likeness (QED) is 0.838. The molecule has 2 aromatic rings. The van der Waals surface area contributed by atoms with Gasteiger partial charge in [-0.25, -0.2) is 4.79 Å². The summed E-state index contributed by atoms with van der Waals surface area (Å²) in [6.07, 6.45) is -4.62. The van der Waals surface area contributed by atoms with Crippen molar-refractivity contribution < 1.29 is 27.4 Å². The minimum atomic E-state index is -4.62. The Morgan fingerprint density at radius 2 is 1.83 bits per heavy atom. The first kappa shape index (κ1) is 18.1. The molecular weight excluding hydrogens is 373 g/mol. The molecule has 1 aromatic carbocycles. The molecule has 2 rings (SSSR count). The number of nitrogens with zero attached hydrogens (tertiary/aromatic N) is 2. The van der Waals surface area contributed by atoms with E-state index in [0.29, 0.717) is 5.75 Å². The van der Waals surface area contributed by atoms with Crippen LogP contribution >= 0.6 is 22.9 Å². The third-order valence-corrected chi connectivity index (χ3v) is 3.79. The average Bonchev–Trinajstić information content (AvgIpc) is 2.96. The lowest BCUT2D eigenvalue weighted by molar-refractivity contribution is -0.138. The third kappa shape index (κ3) is 4.17. The number of methoxy groups -OCH3 is 2. The number of carbonyl (C=O) groups excluding carboxylic acids is 1. The summed E-state index contributed by atoms with van der Waals surface area (Å²) < 4.78 is 47.4. The van der Waals surface area contributed by atoms with Crippen molar-refractivity contribution in [1.82, 2.24) is 10.2 Å². The highest BCUT2D eigenvalue weighted by Crippen LogP contribution is 2.36. The van der Waals surface area contributed by atoms with Gasteiger partial charge in [0.25, 0.3) is 0 Å². The van der Waals surface area contributed by atoms with Gasteiger partial charge < -0.3 is 14.8 Å². The van der Waals surface area contributed by atoms with Gasteiger partial charge in [-0.2, -0.15) is 13.2 Å². The minimum Gasteiger partial charge on any atom is -0.495 e. The zero-order chi connectivity index (χ0) is 17.9. The zero-order valence-corrected chi connectivity index (χ0v) is 13.8. The molecule has 0 atom stereocenters. The number of nitrogens with one attached hydrogen (secondary N) is 2. The highest BCUT2D eigenvalue weighted by Gasteiger charge is 2.35. The summed E-state index contributed by atoms with van der Waals surface area (Å²) in [5.74, 6) is 0.582. The Balaban J connectivity index is 2.12. The summed E-state index contributed by atoms with van der Waals surface area (Å²) in [6.45, 7) is 0. The van der Waals surface area contributed by atoms with Gasteiger partial charge in [-0.1, -0.05) is 22.9 Å². The Labute approximate surface area is 142 Å². The smallest absolute Gasteiger partial charge is 0.445 e. The van der Waals surface area contributed by atoms with Crippen molar-refractivity contribution in [3.8, 4) is 11.5 Å². The number of carbonyl (C=O) groups is 1. The Morgan fingerprint density at radius 3 is 2.38 bits per heavy atom. The molecular formula is C12H10ClF3N4O3S. The van der Waals surface area contributed by atoms with Gasteiger partial charge in [0.15, 0.2) is 0 Å². The molecule has 130 valence electrons. The molecule has 2 amide bonds. The lowest BCUT2D eigenvalue weighted by Gasteiger charge is -2.12. The number of ether oxygens (including phenoxy) is 2. The minimum absolute atomic E-state index is 0.196. The molecule has 0 aliphatic heterocycles. The van der Waals surface area contributed by atoms with Crippen molar-refractivity contribution in [3.63, 3.8) is 0 Å². The molecule has 12 heteroatoms. The number of anilines is 2. The summed E-state index contributed by atoms with van der Waals surface area (Å²) in [5, 5.41) is 9.49. The molecule has 0 aliphatic rings. The Bertz CT molecular complexity index is 754. The van der Waals surface area contributed by atoms with Crippen LogP contribution in [0.1, 0.15) is 5.01 Å². The van der Waals surface area contributed by atoms with E-state index < -0.39 is 17.2 Å². The van der Waals surface area contributed by atoms with Gasteiger partial charge in [0.1, 0.15) is 11.5 Å². The molecule has 0 saturated heterocycles. The molecule has 7 nitrogen and oxygen atoms in total. The highest BCUT2D eigenvalue weighted by molar-refractivity contribution is 7.15.